The summed E-state index contributed by atoms with van der Waals surface area (Å²) in [6.45, 7) is 2.50. The zero-order chi connectivity index (χ0) is 15.4. The lowest BCUT2D eigenvalue weighted by molar-refractivity contribution is 0.0946. The molecule has 0 unspecified atom stereocenters. The summed E-state index contributed by atoms with van der Waals surface area (Å²) in [6, 6.07) is 9.46. The largest absolute Gasteiger partial charge is 0.492 e. The minimum absolute atomic E-state index is 0.161. The van der Waals surface area contributed by atoms with Gasteiger partial charge in [0, 0.05) is 12.2 Å². The van der Waals surface area contributed by atoms with Gasteiger partial charge < -0.3 is 15.4 Å². The van der Waals surface area contributed by atoms with Crippen LogP contribution in [0.1, 0.15) is 30.3 Å². The molecule has 114 valence electrons. The number of rotatable bonds is 6. The number of carbonyl (C=O) groups excluding carboxylic acids is 1. The van der Waals surface area contributed by atoms with Gasteiger partial charge in [0.2, 0.25) is 5.95 Å². The number of hydrogen-bond acceptors (Lipinski definition) is 5. The third-order valence-corrected chi connectivity index (χ3v) is 3.23. The average Bonchev–Trinajstić information content (AvgIpc) is 3.34. The van der Waals surface area contributed by atoms with Crippen LogP contribution in [0.4, 0.5) is 11.6 Å². The monoisotopic (exact) mass is 298 g/mol. The standard InChI is InChI=1S/C16H18N4O2/c1-2-22-14-6-4-3-5-12(14)19-16-17-10-9-13(20-16)15(21)18-11-7-8-11/h3-6,9-11H,2,7-8H2,1H3,(H,18,21)(H,17,19,20). The Morgan fingerprint density at radius 1 is 1.32 bits per heavy atom. The van der Waals surface area contributed by atoms with E-state index in [0.29, 0.717) is 24.3 Å². The lowest BCUT2D eigenvalue weighted by atomic mass is 10.3. The van der Waals surface area contributed by atoms with Gasteiger partial charge in [0.25, 0.3) is 5.91 Å². The lowest BCUT2D eigenvalue weighted by Crippen LogP contribution is -2.26. The molecular formula is C16H18N4O2. The van der Waals surface area contributed by atoms with Crippen LogP contribution in [0.25, 0.3) is 0 Å². The van der Waals surface area contributed by atoms with Gasteiger partial charge in [0.1, 0.15) is 11.4 Å². The summed E-state index contributed by atoms with van der Waals surface area (Å²) < 4.78 is 5.55. The topological polar surface area (TPSA) is 76.1 Å². The maximum absolute atomic E-state index is 12.0. The van der Waals surface area contributed by atoms with Crippen molar-refractivity contribution in [3.05, 3.63) is 42.2 Å². The molecule has 0 spiro atoms. The predicted molar refractivity (Wildman–Crippen MR) is 83.4 cm³/mol. The Kier molecular flexibility index (Phi) is 4.18. The summed E-state index contributed by atoms with van der Waals surface area (Å²) >= 11 is 0. The fourth-order valence-corrected chi connectivity index (χ4v) is 2.00. The highest BCUT2D eigenvalue weighted by Gasteiger charge is 2.24. The molecule has 1 aromatic carbocycles. The number of para-hydroxylation sites is 2. The molecule has 1 aliphatic rings. The Balaban J connectivity index is 1.76. The van der Waals surface area contributed by atoms with Crippen LogP contribution < -0.4 is 15.4 Å². The van der Waals surface area contributed by atoms with Crippen LogP contribution in [0.3, 0.4) is 0 Å². The van der Waals surface area contributed by atoms with Crippen LogP contribution in [0.15, 0.2) is 36.5 Å². The fraction of sp³-hybridized carbons (Fsp3) is 0.312. The van der Waals surface area contributed by atoms with E-state index in [4.69, 9.17) is 4.74 Å². The third kappa shape index (κ3) is 3.52. The van der Waals surface area contributed by atoms with E-state index in [2.05, 4.69) is 20.6 Å². The van der Waals surface area contributed by atoms with Crippen molar-refractivity contribution >= 4 is 17.5 Å². The first-order valence-electron chi connectivity index (χ1n) is 7.39. The Labute approximate surface area is 128 Å². The molecule has 22 heavy (non-hydrogen) atoms. The van der Waals surface area contributed by atoms with Crippen molar-refractivity contribution in [1.29, 1.82) is 0 Å². The molecule has 0 atom stereocenters. The molecule has 1 aliphatic carbocycles. The van der Waals surface area contributed by atoms with Crippen molar-refractivity contribution in [2.24, 2.45) is 0 Å². The second-order valence-electron chi connectivity index (χ2n) is 5.07. The van der Waals surface area contributed by atoms with Gasteiger partial charge >= 0.3 is 0 Å². The molecule has 1 saturated carbocycles. The summed E-state index contributed by atoms with van der Waals surface area (Å²) in [5.41, 5.74) is 1.13. The molecule has 1 amide bonds. The van der Waals surface area contributed by atoms with Crippen LogP contribution in [-0.4, -0.2) is 28.5 Å². The molecule has 3 rings (SSSR count). The maximum atomic E-state index is 12.0. The van der Waals surface area contributed by atoms with E-state index in [-0.39, 0.29) is 5.91 Å². The highest BCUT2D eigenvalue weighted by molar-refractivity contribution is 5.92. The fourth-order valence-electron chi connectivity index (χ4n) is 2.00. The molecule has 1 aromatic heterocycles. The molecule has 0 aliphatic heterocycles. The van der Waals surface area contributed by atoms with Crippen LogP contribution in [0.5, 0.6) is 5.75 Å². The Morgan fingerprint density at radius 2 is 2.14 bits per heavy atom. The summed E-state index contributed by atoms with van der Waals surface area (Å²) in [5, 5.41) is 6.01. The van der Waals surface area contributed by atoms with Gasteiger partial charge in [-0.1, -0.05) is 12.1 Å². The second-order valence-corrected chi connectivity index (χ2v) is 5.07. The van der Waals surface area contributed by atoms with Gasteiger partial charge in [0.05, 0.1) is 12.3 Å². The van der Waals surface area contributed by atoms with Crippen molar-refractivity contribution in [2.45, 2.75) is 25.8 Å². The van der Waals surface area contributed by atoms with Gasteiger partial charge in [-0.15, -0.1) is 0 Å². The maximum Gasteiger partial charge on any atom is 0.270 e. The number of hydrogen-bond donors (Lipinski definition) is 2. The zero-order valence-corrected chi connectivity index (χ0v) is 12.4. The van der Waals surface area contributed by atoms with Gasteiger partial charge in [-0.3, -0.25) is 4.79 Å². The molecule has 1 fully saturated rings. The Morgan fingerprint density at radius 3 is 2.91 bits per heavy atom. The first kappa shape index (κ1) is 14.3. The first-order valence-corrected chi connectivity index (χ1v) is 7.39. The van der Waals surface area contributed by atoms with Crippen molar-refractivity contribution in [3.8, 4) is 5.75 Å². The van der Waals surface area contributed by atoms with Gasteiger partial charge in [-0.2, -0.15) is 0 Å². The first-order chi connectivity index (χ1) is 10.8. The van der Waals surface area contributed by atoms with E-state index in [1.54, 1.807) is 12.3 Å². The highest BCUT2D eigenvalue weighted by Crippen LogP contribution is 2.26. The summed E-state index contributed by atoms with van der Waals surface area (Å²) in [7, 11) is 0. The van der Waals surface area contributed by atoms with Gasteiger partial charge in [0.15, 0.2) is 0 Å². The smallest absolute Gasteiger partial charge is 0.270 e. The SMILES string of the molecule is CCOc1ccccc1Nc1nccc(C(=O)NC2CC2)n1. The highest BCUT2D eigenvalue weighted by atomic mass is 16.5. The summed E-state index contributed by atoms with van der Waals surface area (Å²) in [5.74, 6) is 0.933. The molecule has 1 heterocycles. The number of amides is 1. The molecular weight excluding hydrogens is 280 g/mol. The number of aromatic nitrogens is 2. The molecule has 2 aromatic rings. The second kappa shape index (κ2) is 6.43. The number of benzene rings is 1. The van der Waals surface area contributed by atoms with E-state index < -0.39 is 0 Å². The number of ether oxygens (including phenoxy) is 1. The van der Waals surface area contributed by atoms with Crippen LogP contribution in [-0.2, 0) is 0 Å². The number of carbonyl (C=O) groups is 1. The van der Waals surface area contributed by atoms with Crippen LogP contribution in [0.2, 0.25) is 0 Å². The van der Waals surface area contributed by atoms with Gasteiger partial charge in [-0.25, -0.2) is 9.97 Å². The molecule has 2 N–H and O–H groups in total. The van der Waals surface area contributed by atoms with E-state index in [1.807, 2.05) is 31.2 Å². The molecule has 0 bridgehead atoms. The predicted octanol–water partition coefficient (Wildman–Crippen LogP) is 2.51. The van der Waals surface area contributed by atoms with Gasteiger partial charge in [-0.05, 0) is 38.0 Å². The van der Waals surface area contributed by atoms with Crippen molar-refractivity contribution in [3.63, 3.8) is 0 Å². The lowest BCUT2D eigenvalue weighted by Gasteiger charge is -2.11. The van der Waals surface area contributed by atoms with Crippen molar-refractivity contribution in [2.75, 3.05) is 11.9 Å². The number of anilines is 2. The van der Waals surface area contributed by atoms with Crippen LogP contribution >= 0.6 is 0 Å². The summed E-state index contributed by atoms with van der Waals surface area (Å²) in [4.78, 5) is 20.4. The molecule has 0 radical (unpaired) electrons. The minimum atomic E-state index is -0.161. The number of nitrogens with zero attached hydrogens (tertiary/aromatic N) is 2. The third-order valence-electron chi connectivity index (χ3n) is 3.23. The van der Waals surface area contributed by atoms with Crippen molar-refractivity contribution in [1.82, 2.24) is 15.3 Å². The normalized spacial score (nSPS) is 13.5. The molecule has 6 nitrogen and oxygen atoms in total. The molecule has 0 saturated heterocycles. The Bertz CT molecular complexity index is 671. The van der Waals surface area contributed by atoms with E-state index >= 15 is 0 Å². The zero-order valence-electron chi connectivity index (χ0n) is 12.4. The Hall–Kier alpha value is -2.63. The van der Waals surface area contributed by atoms with E-state index in [0.717, 1.165) is 24.3 Å². The summed E-state index contributed by atoms with van der Waals surface area (Å²) in [6.07, 6.45) is 3.66. The van der Waals surface area contributed by atoms with Crippen LogP contribution in [0, 0.1) is 0 Å². The van der Waals surface area contributed by atoms with Crippen molar-refractivity contribution < 1.29 is 9.53 Å². The quantitative estimate of drug-likeness (QED) is 0.857. The molecule has 6 heteroatoms. The average molecular weight is 298 g/mol. The number of nitrogens with one attached hydrogen (secondary N) is 2. The van der Waals surface area contributed by atoms with E-state index in [1.165, 1.54) is 0 Å². The minimum Gasteiger partial charge on any atom is -0.492 e. The van der Waals surface area contributed by atoms with E-state index in [9.17, 15) is 4.79 Å².